The average Bonchev–Trinajstić information content (AvgIpc) is 2.29. The van der Waals surface area contributed by atoms with E-state index in [1.54, 1.807) is 19.1 Å². The molecule has 0 saturated heterocycles. The topological polar surface area (TPSA) is 69.4 Å². The van der Waals surface area contributed by atoms with E-state index >= 15 is 0 Å². The van der Waals surface area contributed by atoms with Crippen LogP contribution in [-0.4, -0.2) is 17.5 Å². The molecule has 0 fully saturated rings. The fraction of sp³-hybridized carbons (Fsp3) is 0.462. The number of carbonyl (C=O) groups excluding carboxylic acids is 1. The number of aryl methyl sites for hydroxylation is 2. The molecule has 0 atom stereocenters. The van der Waals surface area contributed by atoms with E-state index in [-0.39, 0.29) is 16.6 Å². The zero-order valence-electron chi connectivity index (χ0n) is 10.6. The molecule has 0 radical (unpaired) electrons. The zero-order chi connectivity index (χ0) is 13.5. The highest BCUT2D eigenvalue weighted by Gasteiger charge is 2.13. The number of benzene rings is 1. The van der Waals surface area contributed by atoms with E-state index < -0.39 is 0 Å². The summed E-state index contributed by atoms with van der Waals surface area (Å²) in [6.07, 6.45) is 1.36. The van der Waals surface area contributed by atoms with Crippen LogP contribution in [-0.2, 0) is 16.0 Å². The third-order valence-corrected chi connectivity index (χ3v) is 2.56. The lowest BCUT2D eigenvalue weighted by Crippen LogP contribution is -2.04. The third kappa shape index (κ3) is 4.16. The number of nitrogens with zero attached hydrogens (tertiary/aromatic N) is 1. The summed E-state index contributed by atoms with van der Waals surface area (Å²) in [7, 11) is 0. The maximum atomic E-state index is 11.2. The molecule has 0 heterocycles. The molecule has 5 nitrogen and oxygen atoms in total. The Morgan fingerprint density at radius 3 is 2.78 bits per heavy atom. The van der Waals surface area contributed by atoms with Gasteiger partial charge in [-0.05, 0) is 32.8 Å². The summed E-state index contributed by atoms with van der Waals surface area (Å²) < 4.78 is 4.81. The zero-order valence-corrected chi connectivity index (χ0v) is 10.6. The van der Waals surface area contributed by atoms with Gasteiger partial charge in [0.05, 0.1) is 11.5 Å². The van der Waals surface area contributed by atoms with Crippen LogP contribution in [0.4, 0.5) is 5.69 Å². The molecule has 0 aliphatic carbocycles. The predicted molar refractivity (Wildman–Crippen MR) is 67.4 cm³/mol. The van der Waals surface area contributed by atoms with E-state index in [1.165, 1.54) is 6.07 Å². The quantitative estimate of drug-likeness (QED) is 0.443. The summed E-state index contributed by atoms with van der Waals surface area (Å²) >= 11 is 0. The van der Waals surface area contributed by atoms with E-state index in [1.807, 2.05) is 6.92 Å². The van der Waals surface area contributed by atoms with Crippen molar-refractivity contribution in [3.63, 3.8) is 0 Å². The number of nitro groups is 1. The molecule has 0 aliphatic rings. The number of hydrogen-bond acceptors (Lipinski definition) is 4. The summed E-state index contributed by atoms with van der Waals surface area (Å²) in [4.78, 5) is 21.6. The maximum absolute atomic E-state index is 11.2. The van der Waals surface area contributed by atoms with Crippen molar-refractivity contribution >= 4 is 11.7 Å². The lowest BCUT2D eigenvalue weighted by molar-refractivity contribution is -0.385. The normalized spacial score (nSPS) is 10.1. The lowest BCUT2D eigenvalue weighted by atomic mass is 10.0. The highest BCUT2D eigenvalue weighted by atomic mass is 16.6. The van der Waals surface area contributed by atoms with E-state index in [4.69, 9.17) is 4.74 Å². The Balaban J connectivity index is 2.63. The Hall–Kier alpha value is -1.91. The van der Waals surface area contributed by atoms with Crippen LogP contribution in [0.3, 0.4) is 0 Å². The van der Waals surface area contributed by atoms with Gasteiger partial charge in [0.1, 0.15) is 0 Å². The molecule has 5 heteroatoms. The molecule has 0 spiro atoms. The van der Waals surface area contributed by atoms with Crippen molar-refractivity contribution in [1.29, 1.82) is 0 Å². The molecule has 98 valence electrons. The molecule has 0 unspecified atom stereocenters. The Morgan fingerprint density at radius 2 is 2.17 bits per heavy atom. The first kappa shape index (κ1) is 14.2. The molecule has 18 heavy (non-hydrogen) atoms. The highest BCUT2D eigenvalue weighted by molar-refractivity contribution is 5.69. The Labute approximate surface area is 106 Å². The molecule has 1 aromatic rings. The van der Waals surface area contributed by atoms with Gasteiger partial charge in [0, 0.05) is 18.1 Å². The van der Waals surface area contributed by atoms with Crippen molar-refractivity contribution in [2.45, 2.75) is 33.1 Å². The van der Waals surface area contributed by atoms with Crippen LogP contribution in [0.2, 0.25) is 0 Å². The number of ether oxygens (including phenoxy) is 1. The van der Waals surface area contributed by atoms with E-state index in [0.29, 0.717) is 31.4 Å². The average molecular weight is 251 g/mol. The van der Waals surface area contributed by atoms with Gasteiger partial charge in [0.15, 0.2) is 0 Å². The van der Waals surface area contributed by atoms with Crippen LogP contribution in [0.5, 0.6) is 0 Å². The van der Waals surface area contributed by atoms with Gasteiger partial charge in [-0.3, -0.25) is 14.9 Å². The summed E-state index contributed by atoms with van der Waals surface area (Å²) in [6, 6.07) is 5.02. The van der Waals surface area contributed by atoms with Gasteiger partial charge in [-0.25, -0.2) is 0 Å². The standard InChI is InChI=1S/C13H17NO4/c1-3-18-13(15)6-4-5-11-9-10(2)7-8-12(11)14(16)17/h7-9H,3-6H2,1-2H3. The van der Waals surface area contributed by atoms with Crippen LogP contribution in [0, 0.1) is 17.0 Å². The molecule has 1 rings (SSSR count). The second kappa shape index (κ2) is 6.74. The second-order valence-corrected chi connectivity index (χ2v) is 4.05. The molecule has 0 bridgehead atoms. The van der Waals surface area contributed by atoms with Crippen LogP contribution in [0.1, 0.15) is 30.9 Å². The smallest absolute Gasteiger partial charge is 0.305 e. The van der Waals surface area contributed by atoms with Crippen LogP contribution in [0.25, 0.3) is 0 Å². The molecule has 0 saturated carbocycles. The van der Waals surface area contributed by atoms with Gasteiger partial charge in [-0.1, -0.05) is 11.6 Å². The molecular weight excluding hydrogens is 234 g/mol. The van der Waals surface area contributed by atoms with Crippen LogP contribution >= 0.6 is 0 Å². The summed E-state index contributed by atoms with van der Waals surface area (Å²) in [5.41, 5.74) is 1.76. The first-order valence-electron chi connectivity index (χ1n) is 5.94. The van der Waals surface area contributed by atoms with E-state index in [9.17, 15) is 14.9 Å². The minimum absolute atomic E-state index is 0.115. The van der Waals surface area contributed by atoms with Crippen molar-refractivity contribution < 1.29 is 14.5 Å². The van der Waals surface area contributed by atoms with Gasteiger partial charge in [-0.15, -0.1) is 0 Å². The third-order valence-electron chi connectivity index (χ3n) is 2.56. The molecule has 0 aliphatic heterocycles. The summed E-state index contributed by atoms with van der Waals surface area (Å²) in [6.45, 7) is 4.01. The van der Waals surface area contributed by atoms with Crippen molar-refractivity contribution in [1.82, 2.24) is 0 Å². The second-order valence-electron chi connectivity index (χ2n) is 4.05. The van der Waals surface area contributed by atoms with Gasteiger partial charge >= 0.3 is 5.97 Å². The monoisotopic (exact) mass is 251 g/mol. The van der Waals surface area contributed by atoms with Gasteiger partial charge in [0.25, 0.3) is 5.69 Å². The first-order valence-corrected chi connectivity index (χ1v) is 5.94. The molecule has 0 aromatic heterocycles. The Bertz CT molecular complexity index is 443. The maximum Gasteiger partial charge on any atom is 0.305 e. The summed E-state index contributed by atoms with van der Waals surface area (Å²) in [5.74, 6) is -0.257. The minimum atomic E-state index is -0.390. The largest absolute Gasteiger partial charge is 0.466 e. The Kier molecular flexibility index (Phi) is 5.30. The molecule has 1 aromatic carbocycles. The van der Waals surface area contributed by atoms with E-state index in [0.717, 1.165) is 5.56 Å². The highest BCUT2D eigenvalue weighted by Crippen LogP contribution is 2.21. The fourth-order valence-corrected chi connectivity index (χ4v) is 1.75. The van der Waals surface area contributed by atoms with Gasteiger partial charge in [-0.2, -0.15) is 0 Å². The van der Waals surface area contributed by atoms with Crippen LogP contribution in [0.15, 0.2) is 18.2 Å². The van der Waals surface area contributed by atoms with Crippen molar-refractivity contribution in [2.75, 3.05) is 6.61 Å². The Morgan fingerprint density at radius 1 is 1.44 bits per heavy atom. The van der Waals surface area contributed by atoms with Gasteiger partial charge in [0.2, 0.25) is 0 Å². The van der Waals surface area contributed by atoms with E-state index in [2.05, 4.69) is 0 Å². The van der Waals surface area contributed by atoms with Crippen molar-refractivity contribution in [3.8, 4) is 0 Å². The number of hydrogen-bond donors (Lipinski definition) is 0. The number of esters is 1. The molecule has 0 amide bonds. The van der Waals surface area contributed by atoms with Crippen molar-refractivity contribution in [2.24, 2.45) is 0 Å². The van der Waals surface area contributed by atoms with Crippen molar-refractivity contribution in [3.05, 3.63) is 39.4 Å². The number of nitro benzene ring substituents is 1. The molecular formula is C13H17NO4. The summed E-state index contributed by atoms with van der Waals surface area (Å²) in [5, 5.41) is 10.8. The molecule has 0 N–H and O–H groups in total. The van der Waals surface area contributed by atoms with Crippen LogP contribution < -0.4 is 0 Å². The predicted octanol–water partition coefficient (Wildman–Crippen LogP) is 2.79. The first-order chi connectivity index (χ1) is 8.54. The lowest BCUT2D eigenvalue weighted by Gasteiger charge is -2.04. The SMILES string of the molecule is CCOC(=O)CCCc1cc(C)ccc1[N+](=O)[O-]. The minimum Gasteiger partial charge on any atom is -0.466 e. The fourth-order valence-electron chi connectivity index (χ4n) is 1.75. The number of carbonyl (C=O) groups is 1. The van der Waals surface area contributed by atoms with Gasteiger partial charge < -0.3 is 4.74 Å². The number of rotatable bonds is 6.